The van der Waals surface area contributed by atoms with Crippen LogP contribution in [0.2, 0.25) is 0 Å². The van der Waals surface area contributed by atoms with Crippen molar-refractivity contribution in [2.75, 3.05) is 26.2 Å². The van der Waals surface area contributed by atoms with E-state index in [0.29, 0.717) is 12.0 Å². The summed E-state index contributed by atoms with van der Waals surface area (Å²) in [6.45, 7) is 8.51. The van der Waals surface area contributed by atoms with Crippen LogP contribution in [0, 0.1) is 5.41 Å². The molecule has 0 aromatic rings. The molecule has 2 heteroatoms. The first-order chi connectivity index (χ1) is 6.26. The summed E-state index contributed by atoms with van der Waals surface area (Å²) in [6.07, 6.45) is 4.90. The fourth-order valence-electron chi connectivity index (χ4n) is 2.34. The second-order valence-corrected chi connectivity index (χ2v) is 4.31. The number of likely N-dealkylation sites (tertiary alicyclic amines) is 1. The Morgan fingerprint density at radius 2 is 2.00 bits per heavy atom. The van der Waals surface area contributed by atoms with Crippen LogP contribution in [0.25, 0.3) is 0 Å². The first-order valence-corrected chi connectivity index (χ1v) is 5.59. The van der Waals surface area contributed by atoms with Crippen molar-refractivity contribution in [1.29, 1.82) is 0 Å². The van der Waals surface area contributed by atoms with Gasteiger partial charge in [-0.1, -0.05) is 13.8 Å². The molecular weight excluding hydrogens is 162 g/mol. The lowest BCUT2D eigenvalue weighted by molar-refractivity contribution is 0.216. The highest BCUT2D eigenvalue weighted by Crippen LogP contribution is 2.36. The van der Waals surface area contributed by atoms with Gasteiger partial charge >= 0.3 is 0 Å². The van der Waals surface area contributed by atoms with Gasteiger partial charge in [0.1, 0.15) is 0 Å². The Kier molecular flexibility index (Phi) is 4.20. The van der Waals surface area contributed by atoms with Gasteiger partial charge in [0.2, 0.25) is 0 Å². The molecule has 1 heterocycles. The Morgan fingerprint density at radius 1 is 1.31 bits per heavy atom. The van der Waals surface area contributed by atoms with E-state index in [4.69, 9.17) is 5.11 Å². The fourth-order valence-corrected chi connectivity index (χ4v) is 2.34. The molecule has 1 aliphatic rings. The molecule has 2 nitrogen and oxygen atoms in total. The predicted molar refractivity (Wildman–Crippen MR) is 55.8 cm³/mol. The van der Waals surface area contributed by atoms with Gasteiger partial charge in [-0.3, -0.25) is 0 Å². The van der Waals surface area contributed by atoms with Gasteiger partial charge in [-0.05, 0) is 37.6 Å². The highest BCUT2D eigenvalue weighted by atomic mass is 16.3. The minimum atomic E-state index is 0.335. The summed E-state index contributed by atoms with van der Waals surface area (Å²) in [5, 5.41) is 8.74. The molecule has 1 aliphatic heterocycles. The monoisotopic (exact) mass is 185 g/mol. The summed E-state index contributed by atoms with van der Waals surface area (Å²) >= 11 is 0. The van der Waals surface area contributed by atoms with Gasteiger partial charge in [-0.25, -0.2) is 0 Å². The zero-order chi connectivity index (χ0) is 9.73. The van der Waals surface area contributed by atoms with Crippen LogP contribution in [0.3, 0.4) is 0 Å². The Balaban J connectivity index is 2.33. The largest absolute Gasteiger partial charge is 0.396 e. The van der Waals surface area contributed by atoms with Gasteiger partial charge in [0.15, 0.2) is 0 Å². The van der Waals surface area contributed by atoms with Crippen molar-refractivity contribution >= 4 is 0 Å². The lowest BCUT2D eigenvalue weighted by Crippen LogP contribution is -2.27. The highest BCUT2D eigenvalue weighted by Gasteiger charge is 2.34. The molecule has 0 radical (unpaired) electrons. The van der Waals surface area contributed by atoms with E-state index in [1.54, 1.807) is 0 Å². The summed E-state index contributed by atoms with van der Waals surface area (Å²) in [5.74, 6) is 0. The van der Waals surface area contributed by atoms with Crippen molar-refractivity contribution in [2.45, 2.75) is 39.5 Å². The third kappa shape index (κ3) is 2.68. The van der Waals surface area contributed by atoms with Crippen LogP contribution < -0.4 is 0 Å². The maximum absolute atomic E-state index is 8.74. The Labute approximate surface area is 81.9 Å². The quantitative estimate of drug-likeness (QED) is 0.707. The van der Waals surface area contributed by atoms with E-state index in [-0.39, 0.29) is 0 Å². The molecule has 0 aromatic heterocycles. The lowest BCUT2D eigenvalue weighted by atomic mass is 9.82. The van der Waals surface area contributed by atoms with Crippen molar-refractivity contribution in [2.24, 2.45) is 5.41 Å². The van der Waals surface area contributed by atoms with E-state index < -0.39 is 0 Å². The number of rotatable bonds is 5. The highest BCUT2D eigenvalue weighted by molar-refractivity contribution is 4.87. The minimum Gasteiger partial charge on any atom is -0.396 e. The summed E-state index contributed by atoms with van der Waals surface area (Å²) in [5.41, 5.74) is 0.593. The Morgan fingerprint density at radius 3 is 2.46 bits per heavy atom. The zero-order valence-electron chi connectivity index (χ0n) is 9.05. The Hall–Kier alpha value is -0.0800. The molecule has 0 saturated carbocycles. The van der Waals surface area contributed by atoms with Crippen LogP contribution in [-0.4, -0.2) is 36.2 Å². The summed E-state index contributed by atoms with van der Waals surface area (Å²) in [7, 11) is 0. The SMILES string of the molecule is CCC1(CC)CCN(CCCO)C1. The zero-order valence-corrected chi connectivity index (χ0v) is 9.05. The van der Waals surface area contributed by atoms with Crippen molar-refractivity contribution in [3.63, 3.8) is 0 Å². The molecule has 78 valence electrons. The van der Waals surface area contributed by atoms with E-state index in [0.717, 1.165) is 13.0 Å². The molecule has 1 saturated heterocycles. The molecule has 0 spiro atoms. The van der Waals surface area contributed by atoms with Gasteiger partial charge in [-0.2, -0.15) is 0 Å². The van der Waals surface area contributed by atoms with Crippen molar-refractivity contribution < 1.29 is 5.11 Å². The van der Waals surface area contributed by atoms with Crippen molar-refractivity contribution in [1.82, 2.24) is 4.90 Å². The van der Waals surface area contributed by atoms with Crippen LogP contribution in [0.5, 0.6) is 0 Å². The molecule has 0 aromatic carbocycles. The third-order valence-electron chi connectivity index (χ3n) is 3.65. The standard InChI is InChI=1S/C11H23NO/c1-3-11(4-2)6-8-12(10-11)7-5-9-13/h13H,3-10H2,1-2H3. The molecule has 0 atom stereocenters. The van der Waals surface area contributed by atoms with Crippen LogP contribution in [0.4, 0.5) is 0 Å². The molecule has 0 bridgehead atoms. The average Bonchev–Trinajstić information content (AvgIpc) is 2.59. The van der Waals surface area contributed by atoms with Gasteiger partial charge < -0.3 is 10.0 Å². The lowest BCUT2D eigenvalue weighted by Gasteiger charge is -2.26. The first-order valence-electron chi connectivity index (χ1n) is 5.59. The van der Waals surface area contributed by atoms with Crippen LogP contribution >= 0.6 is 0 Å². The third-order valence-corrected chi connectivity index (χ3v) is 3.65. The molecule has 0 aliphatic carbocycles. The van der Waals surface area contributed by atoms with E-state index in [2.05, 4.69) is 18.7 Å². The molecule has 0 amide bonds. The molecular formula is C11H23NO. The van der Waals surface area contributed by atoms with Crippen molar-refractivity contribution in [3.05, 3.63) is 0 Å². The fraction of sp³-hybridized carbons (Fsp3) is 1.00. The predicted octanol–water partition coefficient (Wildman–Crippen LogP) is 1.88. The van der Waals surface area contributed by atoms with Gasteiger partial charge in [-0.15, -0.1) is 0 Å². The molecule has 1 fully saturated rings. The number of aliphatic hydroxyl groups excluding tert-OH is 1. The smallest absolute Gasteiger partial charge is 0.0443 e. The van der Waals surface area contributed by atoms with Crippen LogP contribution in [0.15, 0.2) is 0 Å². The summed E-state index contributed by atoms with van der Waals surface area (Å²) in [6, 6.07) is 0. The summed E-state index contributed by atoms with van der Waals surface area (Å²) in [4.78, 5) is 2.50. The normalized spacial score (nSPS) is 22.4. The second kappa shape index (κ2) is 4.97. The number of hydrogen-bond acceptors (Lipinski definition) is 2. The second-order valence-electron chi connectivity index (χ2n) is 4.31. The van der Waals surface area contributed by atoms with Gasteiger partial charge in [0, 0.05) is 19.7 Å². The van der Waals surface area contributed by atoms with E-state index >= 15 is 0 Å². The maximum Gasteiger partial charge on any atom is 0.0443 e. The Bertz CT molecular complexity index is 143. The van der Waals surface area contributed by atoms with Crippen LogP contribution in [-0.2, 0) is 0 Å². The number of aliphatic hydroxyl groups is 1. The topological polar surface area (TPSA) is 23.5 Å². The first kappa shape index (κ1) is 11.0. The van der Waals surface area contributed by atoms with E-state index in [9.17, 15) is 0 Å². The number of nitrogens with zero attached hydrogens (tertiary/aromatic N) is 1. The van der Waals surface area contributed by atoms with E-state index in [1.807, 2.05) is 0 Å². The molecule has 1 N–H and O–H groups in total. The van der Waals surface area contributed by atoms with Crippen LogP contribution in [0.1, 0.15) is 39.5 Å². The van der Waals surface area contributed by atoms with E-state index in [1.165, 1.54) is 32.4 Å². The maximum atomic E-state index is 8.74. The minimum absolute atomic E-state index is 0.335. The molecule has 1 rings (SSSR count). The number of hydrogen-bond donors (Lipinski definition) is 1. The van der Waals surface area contributed by atoms with Crippen molar-refractivity contribution in [3.8, 4) is 0 Å². The molecule has 0 unspecified atom stereocenters. The van der Waals surface area contributed by atoms with Gasteiger partial charge in [0.05, 0.1) is 0 Å². The average molecular weight is 185 g/mol. The summed E-state index contributed by atoms with van der Waals surface area (Å²) < 4.78 is 0. The van der Waals surface area contributed by atoms with Gasteiger partial charge in [0.25, 0.3) is 0 Å². The molecule has 13 heavy (non-hydrogen) atoms.